The van der Waals surface area contributed by atoms with Crippen LogP contribution in [-0.2, 0) is 0 Å². The van der Waals surface area contributed by atoms with E-state index in [1.165, 1.54) is 4.90 Å². The number of rotatable bonds is 3. The van der Waals surface area contributed by atoms with E-state index in [0.29, 0.717) is 11.5 Å². The van der Waals surface area contributed by atoms with Gasteiger partial charge in [-0.1, -0.05) is 18.2 Å². The number of aromatic nitrogens is 4. The standard InChI is InChI=1S/C16H13N5S/c1-22-12-6-4-5-11(9-12)18-15-16-20-17-10-21(16)14-8-3-2-7-13(14)19-15/h2-10H,1H3,(H,18,19). The minimum atomic E-state index is 0.703. The van der Waals surface area contributed by atoms with Gasteiger partial charge in [0.15, 0.2) is 5.82 Å². The highest BCUT2D eigenvalue weighted by Crippen LogP contribution is 2.25. The molecular formula is C16H13N5S. The third-order valence-electron chi connectivity index (χ3n) is 3.47. The highest BCUT2D eigenvalue weighted by atomic mass is 32.2. The third-order valence-corrected chi connectivity index (χ3v) is 4.19. The number of nitrogens with one attached hydrogen (secondary N) is 1. The van der Waals surface area contributed by atoms with Gasteiger partial charge in [-0.2, -0.15) is 0 Å². The number of para-hydroxylation sites is 2. The summed E-state index contributed by atoms with van der Waals surface area (Å²) in [6.07, 6.45) is 3.77. The second-order valence-electron chi connectivity index (χ2n) is 4.83. The fourth-order valence-electron chi connectivity index (χ4n) is 2.43. The van der Waals surface area contributed by atoms with Gasteiger partial charge in [0.05, 0.1) is 11.0 Å². The molecule has 0 aliphatic carbocycles. The highest BCUT2D eigenvalue weighted by molar-refractivity contribution is 7.98. The normalized spacial score (nSPS) is 11.1. The van der Waals surface area contributed by atoms with Crippen LogP contribution in [0.2, 0.25) is 0 Å². The van der Waals surface area contributed by atoms with Gasteiger partial charge in [-0.3, -0.25) is 4.40 Å². The maximum absolute atomic E-state index is 4.69. The van der Waals surface area contributed by atoms with Gasteiger partial charge in [0.1, 0.15) is 6.33 Å². The van der Waals surface area contributed by atoms with E-state index in [0.717, 1.165) is 16.7 Å². The van der Waals surface area contributed by atoms with Crippen LogP contribution in [0.3, 0.4) is 0 Å². The quantitative estimate of drug-likeness (QED) is 0.584. The fourth-order valence-corrected chi connectivity index (χ4v) is 2.89. The monoisotopic (exact) mass is 307 g/mol. The first-order chi connectivity index (χ1) is 10.8. The molecule has 0 saturated carbocycles. The molecule has 0 unspecified atom stereocenters. The van der Waals surface area contributed by atoms with E-state index in [9.17, 15) is 0 Å². The summed E-state index contributed by atoms with van der Waals surface area (Å²) in [5.41, 5.74) is 3.59. The number of anilines is 2. The molecule has 0 aliphatic rings. The van der Waals surface area contributed by atoms with E-state index in [4.69, 9.17) is 0 Å². The van der Waals surface area contributed by atoms with E-state index < -0.39 is 0 Å². The molecular weight excluding hydrogens is 294 g/mol. The van der Waals surface area contributed by atoms with E-state index in [1.54, 1.807) is 18.1 Å². The minimum Gasteiger partial charge on any atom is -0.337 e. The molecule has 1 N–H and O–H groups in total. The Bertz CT molecular complexity index is 963. The van der Waals surface area contributed by atoms with E-state index >= 15 is 0 Å². The Morgan fingerprint density at radius 2 is 2.00 bits per heavy atom. The molecule has 0 fully saturated rings. The highest BCUT2D eigenvalue weighted by Gasteiger charge is 2.10. The van der Waals surface area contributed by atoms with Crippen LogP contribution in [-0.4, -0.2) is 25.8 Å². The first kappa shape index (κ1) is 13.1. The van der Waals surface area contributed by atoms with Gasteiger partial charge in [0, 0.05) is 10.6 Å². The van der Waals surface area contributed by atoms with Crippen molar-refractivity contribution in [2.75, 3.05) is 11.6 Å². The molecule has 0 saturated heterocycles. The van der Waals surface area contributed by atoms with E-state index in [1.807, 2.05) is 40.8 Å². The van der Waals surface area contributed by atoms with Gasteiger partial charge in [-0.15, -0.1) is 22.0 Å². The smallest absolute Gasteiger partial charge is 0.204 e. The van der Waals surface area contributed by atoms with Crippen LogP contribution >= 0.6 is 11.8 Å². The lowest BCUT2D eigenvalue weighted by molar-refractivity contribution is 1.11. The summed E-state index contributed by atoms with van der Waals surface area (Å²) in [6, 6.07) is 16.2. The Morgan fingerprint density at radius 1 is 1.09 bits per heavy atom. The molecule has 22 heavy (non-hydrogen) atoms. The van der Waals surface area contributed by atoms with Crippen LogP contribution in [0.15, 0.2) is 59.8 Å². The van der Waals surface area contributed by atoms with Crippen LogP contribution < -0.4 is 5.32 Å². The zero-order valence-corrected chi connectivity index (χ0v) is 12.7. The Kier molecular flexibility index (Phi) is 3.16. The lowest BCUT2D eigenvalue weighted by atomic mass is 10.3. The summed E-state index contributed by atoms with van der Waals surface area (Å²) >= 11 is 1.71. The Balaban J connectivity index is 1.87. The number of hydrogen-bond acceptors (Lipinski definition) is 5. The maximum atomic E-state index is 4.69. The van der Waals surface area contributed by atoms with E-state index in [2.05, 4.69) is 38.9 Å². The number of fused-ring (bicyclic) bond motifs is 3. The van der Waals surface area contributed by atoms with Crippen LogP contribution in [0.4, 0.5) is 11.5 Å². The molecule has 2 aromatic carbocycles. The zero-order chi connectivity index (χ0) is 14.9. The van der Waals surface area contributed by atoms with Crippen LogP contribution in [0, 0.1) is 0 Å². The second-order valence-corrected chi connectivity index (χ2v) is 5.71. The molecule has 2 heterocycles. The third kappa shape index (κ3) is 2.17. The number of benzene rings is 2. The van der Waals surface area contributed by atoms with Crippen molar-refractivity contribution in [2.45, 2.75) is 4.90 Å². The summed E-state index contributed by atoms with van der Waals surface area (Å²) in [5, 5.41) is 11.6. The molecule has 5 nitrogen and oxygen atoms in total. The zero-order valence-electron chi connectivity index (χ0n) is 11.9. The number of thioether (sulfide) groups is 1. The second kappa shape index (κ2) is 5.31. The molecule has 0 aliphatic heterocycles. The Morgan fingerprint density at radius 3 is 2.91 bits per heavy atom. The van der Waals surface area contributed by atoms with Crippen molar-refractivity contribution in [1.82, 2.24) is 19.6 Å². The molecule has 2 aromatic heterocycles. The number of nitrogens with zero attached hydrogens (tertiary/aromatic N) is 4. The first-order valence-electron chi connectivity index (χ1n) is 6.85. The summed E-state index contributed by atoms with van der Waals surface area (Å²) in [4.78, 5) is 5.88. The molecule has 0 atom stereocenters. The average Bonchev–Trinajstić information content (AvgIpc) is 3.05. The van der Waals surface area contributed by atoms with Crippen LogP contribution in [0.1, 0.15) is 0 Å². The molecule has 0 bridgehead atoms. The van der Waals surface area contributed by atoms with Crippen molar-refractivity contribution in [3.8, 4) is 0 Å². The van der Waals surface area contributed by atoms with Crippen molar-refractivity contribution >= 4 is 39.9 Å². The first-order valence-corrected chi connectivity index (χ1v) is 8.07. The van der Waals surface area contributed by atoms with Gasteiger partial charge in [-0.25, -0.2) is 4.98 Å². The summed E-state index contributed by atoms with van der Waals surface area (Å²) < 4.78 is 1.95. The average molecular weight is 307 g/mol. The van der Waals surface area contributed by atoms with Gasteiger partial charge >= 0.3 is 0 Å². The van der Waals surface area contributed by atoms with Gasteiger partial charge in [0.25, 0.3) is 0 Å². The molecule has 108 valence electrons. The van der Waals surface area contributed by atoms with Crippen molar-refractivity contribution < 1.29 is 0 Å². The summed E-state index contributed by atoms with van der Waals surface area (Å²) in [6.45, 7) is 0. The predicted molar refractivity (Wildman–Crippen MR) is 89.8 cm³/mol. The largest absolute Gasteiger partial charge is 0.337 e. The molecule has 6 heteroatoms. The van der Waals surface area contributed by atoms with Crippen LogP contribution in [0.25, 0.3) is 16.7 Å². The molecule has 0 amide bonds. The lowest BCUT2D eigenvalue weighted by Crippen LogP contribution is -1.99. The van der Waals surface area contributed by atoms with E-state index in [-0.39, 0.29) is 0 Å². The van der Waals surface area contributed by atoms with Gasteiger partial charge < -0.3 is 5.32 Å². The van der Waals surface area contributed by atoms with Crippen molar-refractivity contribution in [3.63, 3.8) is 0 Å². The Hall–Kier alpha value is -2.60. The van der Waals surface area contributed by atoms with Gasteiger partial charge in [0.2, 0.25) is 5.65 Å². The molecule has 4 rings (SSSR count). The molecule has 0 spiro atoms. The van der Waals surface area contributed by atoms with Crippen molar-refractivity contribution in [1.29, 1.82) is 0 Å². The topological polar surface area (TPSA) is 55.1 Å². The molecule has 0 radical (unpaired) electrons. The van der Waals surface area contributed by atoms with Crippen molar-refractivity contribution in [2.24, 2.45) is 0 Å². The lowest BCUT2D eigenvalue weighted by Gasteiger charge is -2.09. The van der Waals surface area contributed by atoms with Gasteiger partial charge in [-0.05, 0) is 36.6 Å². The van der Waals surface area contributed by atoms with Crippen LogP contribution in [0.5, 0.6) is 0 Å². The minimum absolute atomic E-state index is 0.703. The predicted octanol–water partition coefficient (Wildman–Crippen LogP) is 3.74. The fraction of sp³-hybridized carbons (Fsp3) is 0.0625. The Labute approximate surface area is 131 Å². The SMILES string of the molecule is CSc1cccc(Nc2nc3ccccc3n3cnnc23)c1. The number of hydrogen-bond donors (Lipinski definition) is 1. The summed E-state index contributed by atoms with van der Waals surface area (Å²) in [7, 11) is 0. The summed E-state index contributed by atoms with van der Waals surface area (Å²) in [5.74, 6) is 0.703. The van der Waals surface area contributed by atoms with Crippen molar-refractivity contribution in [3.05, 3.63) is 54.9 Å². The molecule has 4 aromatic rings. The maximum Gasteiger partial charge on any atom is 0.204 e.